The molecule has 0 radical (unpaired) electrons. The Kier molecular flexibility index (Phi) is 14.3. The zero-order chi connectivity index (χ0) is 45.0. The van der Waals surface area contributed by atoms with Gasteiger partial charge in [0, 0.05) is 128 Å². The lowest BCUT2D eigenvalue weighted by Gasteiger charge is -2.28. The number of morpholine rings is 1. The van der Waals surface area contributed by atoms with E-state index in [1.807, 2.05) is 105 Å². The number of imidazole rings is 3. The van der Waals surface area contributed by atoms with Crippen LogP contribution in [0.3, 0.4) is 0 Å². The van der Waals surface area contributed by atoms with Gasteiger partial charge in [-0.15, -0.1) is 0 Å². The van der Waals surface area contributed by atoms with Crippen molar-refractivity contribution in [3.05, 3.63) is 146 Å². The van der Waals surface area contributed by atoms with Crippen LogP contribution < -0.4 is 20.9 Å². The summed E-state index contributed by atoms with van der Waals surface area (Å²) in [6, 6.07) is 33.7. The monoisotopic (exact) mass is 882 g/mol. The van der Waals surface area contributed by atoms with Crippen LogP contribution in [0, 0.1) is 0 Å². The largest absolute Gasteiger partial charge is 0.508 e. The van der Waals surface area contributed by atoms with Gasteiger partial charge in [-0.1, -0.05) is 24.3 Å². The number of phenols is 2. The topological polar surface area (TPSA) is 141 Å². The van der Waals surface area contributed by atoms with E-state index in [0.29, 0.717) is 13.1 Å². The minimum absolute atomic E-state index is 0.213. The molecule has 1 aliphatic heterocycles. The number of nitrogens with zero attached hydrogens (tertiary/aromatic N) is 7. The number of benzene rings is 3. The quantitative estimate of drug-likeness (QED) is 0.0761. The van der Waals surface area contributed by atoms with E-state index in [4.69, 9.17) is 4.74 Å². The highest BCUT2D eigenvalue weighted by Crippen LogP contribution is 2.27. The van der Waals surface area contributed by atoms with E-state index < -0.39 is 13.3 Å². The Labute approximate surface area is 373 Å². The molecule has 0 spiro atoms. The molecule has 13 nitrogen and oxygen atoms in total. The van der Waals surface area contributed by atoms with Crippen molar-refractivity contribution in [2.75, 3.05) is 86.8 Å². The normalized spacial score (nSPS) is 12.4. The van der Waals surface area contributed by atoms with Gasteiger partial charge >= 0.3 is 0 Å². The van der Waals surface area contributed by atoms with Crippen LogP contribution in [0.1, 0.15) is 0 Å². The van der Waals surface area contributed by atoms with Crippen molar-refractivity contribution in [2.24, 2.45) is 0 Å². The fourth-order valence-corrected chi connectivity index (χ4v) is 7.23. The zero-order valence-corrected chi connectivity index (χ0v) is 35.5. The maximum Gasteiger partial charge on any atom is 0.139 e. The fourth-order valence-electron chi connectivity index (χ4n) is 7.23. The molecule has 0 aliphatic carbocycles. The number of halogens is 3. The van der Waals surface area contributed by atoms with Crippen LogP contribution in [-0.2, 0) is 4.74 Å². The number of phenolic OH excluding ortho intramolecular Hbond substituents is 2. The molecule has 3 aromatic carbocycles. The first kappa shape index (κ1) is 43.9. The molecule has 0 unspecified atom stereocenters. The highest BCUT2D eigenvalue weighted by atomic mass is 19.1. The molecule has 334 valence electrons. The predicted molar refractivity (Wildman–Crippen MR) is 252 cm³/mol. The smallest absolute Gasteiger partial charge is 0.139 e. The second-order valence-electron chi connectivity index (χ2n) is 15.0. The summed E-state index contributed by atoms with van der Waals surface area (Å²) in [6.45, 7) is 3.13. The third-order valence-corrected chi connectivity index (χ3v) is 10.5. The molecular formula is C49H49F3N10O3. The Morgan fingerprint density at radius 2 is 0.923 bits per heavy atom. The van der Waals surface area contributed by atoms with Gasteiger partial charge in [-0.2, -0.15) is 0 Å². The Hall–Kier alpha value is -7.72. The Morgan fingerprint density at radius 1 is 0.492 bits per heavy atom. The standard InChI is InChI=1S/C19H21FN4O.2C15H14FN3O/c20-6-7-21-16-5-8-24-14-18(22-19(24)13-16)15-1-3-17(4-2-15)23-9-11-25-12-10-23;16-6-7-17-12-5-8-19-10-14(18-15(19)9-12)11-1-3-13(20)4-2-11;16-5-6-17-12-4-7-19-10-14(18-15(19)9-12)11-2-1-3-13(20)8-11/h1-5,8,13-14,21H,6-7,9-12H2;1-5,8-10,17,20H,6-7H2;1-4,7-10,17,20H,5-6H2. The Bertz CT molecular complexity index is 2930. The molecule has 0 bridgehead atoms. The second kappa shape index (κ2) is 21.1. The molecule has 0 atom stereocenters. The van der Waals surface area contributed by atoms with E-state index in [1.54, 1.807) is 30.3 Å². The third kappa shape index (κ3) is 11.3. The van der Waals surface area contributed by atoms with Crippen molar-refractivity contribution in [3.8, 4) is 45.3 Å². The van der Waals surface area contributed by atoms with Crippen molar-refractivity contribution in [1.82, 2.24) is 28.2 Å². The number of hydrogen-bond acceptors (Lipinski definition) is 10. The van der Waals surface area contributed by atoms with Gasteiger partial charge in [0.1, 0.15) is 48.5 Å². The number of aromatic nitrogens is 6. The number of anilines is 4. The number of alkyl halides is 3. The SMILES string of the molecule is FCCNc1ccn2cc(-c3ccc(N4CCOCC4)cc3)nc2c1.Oc1ccc(-c2cn3ccc(NCCF)cc3n2)cc1.Oc1cccc(-c2cn3ccc(NCCF)cc3n2)c1. The molecule has 1 fully saturated rings. The summed E-state index contributed by atoms with van der Waals surface area (Å²) in [5.41, 5.74) is 11.6. The van der Waals surface area contributed by atoms with Crippen molar-refractivity contribution in [2.45, 2.75) is 0 Å². The first-order valence-corrected chi connectivity index (χ1v) is 21.2. The number of fused-ring (bicyclic) bond motifs is 3. The zero-order valence-electron chi connectivity index (χ0n) is 35.5. The Balaban J connectivity index is 0.000000134. The third-order valence-electron chi connectivity index (χ3n) is 10.5. The van der Waals surface area contributed by atoms with Gasteiger partial charge in [0.2, 0.25) is 0 Å². The van der Waals surface area contributed by atoms with E-state index in [2.05, 4.69) is 60.1 Å². The first-order chi connectivity index (χ1) is 31.8. The van der Waals surface area contributed by atoms with Crippen molar-refractivity contribution in [3.63, 3.8) is 0 Å². The van der Waals surface area contributed by atoms with Gasteiger partial charge in [-0.3, -0.25) is 0 Å². The molecule has 10 rings (SSSR count). The maximum absolute atomic E-state index is 12.3. The molecule has 6 aromatic heterocycles. The molecule has 1 saturated heterocycles. The molecular weight excluding hydrogens is 834 g/mol. The number of rotatable bonds is 13. The van der Waals surface area contributed by atoms with Gasteiger partial charge < -0.3 is 49.0 Å². The summed E-state index contributed by atoms with van der Waals surface area (Å²) in [5.74, 6) is 0.445. The maximum atomic E-state index is 12.3. The van der Waals surface area contributed by atoms with Crippen molar-refractivity contribution >= 4 is 39.7 Å². The Morgan fingerprint density at radius 3 is 1.35 bits per heavy atom. The van der Waals surface area contributed by atoms with Crippen LogP contribution in [0.5, 0.6) is 11.5 Å². The highest BCUT2D eigenvalue weighted by molar-refractivity contribution is 5.69. The lowest BCUT2D eigenvalue weighted by Crippen LogP contribution is -2.36. The molecule has 9 aromatic rings. The van der Waals surface area contributed by atoms with Gasteiger partial charge in [-0.05, 0) is 66.7 Å². The van der Waals surface area contributed by atoms with E-state index in [9.17, 15) is 23.4 Å². The molecule has 7 heterocycles. The highest BCUT2D eigenvalue weighted by Gasteiger charge is 2.13. The summed E-state index contributed by atoms with van der Waals surface area (Å²) in [7, 11) is 0. The average Bonchev–Trinajstić information content (AvgIpc) is 4.10. The van der Waals surface area contributed by atoms with Crippen LogP contribution in [0.2, 0.25) is 0 Å². The van der Waals surface area contributed by atoms with E-state index >= 15 is 0 Å². The number of hydrogen-bond donors (Lipinski definition) is 5. The minimum atomic E-state index is -0.409. The van der Waals surface area contributed by atoms with Gasteiger partial charge in [-0.25, -0.2) is 28.1 Å². The molecule has 16 heteroatoms. The van der Waals surface area contributed by atoms with Crippen molar-refractivity contribution in [1.29, 1.82) is 0 Å². The van der Waals surface area contributed by atoms with Crippen LogP contribution in [0.4, 0.5) is 35.9 Å². The number of aromatic hydroxyl groups is 2. The van der Waals surface area contributed by atoms with E-state index in [-0.39, 0.29) is 24.7 Å². The number of ether oxygens (including phenoxy) is 1. The van der Waals surface area contributed by atoms with Gasteiger partial charge in [0.05, 0.1) is 30.3 Å². The number of pyridine rings is 3. The fraction of sp³-hybridized carbons (Fsp3) is 0.204. The van der Waals surface area contributed by atoms with Gasteiger partial charge in [0.15, 0.2) is 0 Å². The van der Waals surface area contributed by atoms with E-state index in [1.165, 1.54) is 5.69 Å². The summed E-state index contributed by atoms with van der Waals surface area (Å²) < 4.78 is 47.8. The summed E-state index contributed by atoms with van der Waals surface area (Å²) in [4.78, 5) is 16.1. The van der Waals surface area contributed by atoms with Crippen LogP contribution in [0.15, 0.2) is 146 Å². The van der Waals surface area contributed by atoms with Crippen LogP contribution >= 0.6 is 0 Å². The molecule has 0 amide bonds. The summed E-state index contributed by atoms with van der Waals surface area (Å²) in [5, 5.41) is 27.8. The molecule has 1 aliphatic rings. The summed E-state index contributed by atoms with van der Waals surface area (Å²) >= 11 is 0. The van der Waals surface area contributed by atoms with Crippen molar-refractivity contribution < 1.29 is 28.1 Å². The molecule has 0 saturated carbocycles. The lowest BCUT2D eigenvalue weighted by atomic mass is 10.1. The van der Waals surface area contributed by atoms with E-state index in [0.717, 1.165) is 94.1 Å². The average molecular weight is 883 g/mol. The van der Waals surface area contributed by atoms with Gasteiger partial charge in [0.25, 0.3) is 0 Å². The second-order valence-corrected chi connectivity index (χ2v) is 15.0. The minimum Gasteiger partial charge on any atom is -0.508 e. The number of nitrogens with one attached hydrogen (secondary N) is 3. The molecule has 5 N–H and O–H groups in total. The van der Waals surface area contributed by atoms with Crippen LogP contribution in [0.25, 0.3) is 50.7 Å². The molecule has 65 heavy (non-hydrogen) atoms. The summed E-state index contributed by atoms with van der Waals surface area (Å²) in [6.07, 6.45) is 11.5. The van der Waals surface area contributed by atoms with Crippen LogP contribution in [-0.4, -0.2) is 104 Å². The first-order valence-electron chi connectivity index (χ1n) is 21.2. The predicted octanol–water partition coefficient (Wildman–Crippen LogP) is 9.40. The lowest BCUT2D eigenvalue weighted by molar-refractivity contribution is 0.122.